The highest BCUT2D eigenvalue weighted by Gasteiger charge is 2.19. The van der Waals surface area contributed by atoms with Gasteiger partial charge in [0, 0.05) is 0 Å². The number of ether oxygens (including phenoxy) is 1. The minimum atomic E-state index is -0.760. The molecule has 0 radical (unpaired) electrons. The number of aliphatic hydroxyl groups is 1. The van der Waals surface area contributed by atoms with Gasteiger partial charge in [-0.2, -0.15) is 0 Å². The van der Waals surface area contributed by atoms with Crippen molar-refractivity contribution in [3.8, 4) is 0 Å². The van der Waals surface area contributed by atoms with E-state index in [1.807, 2.05) is 6.92 Å². The maximum atomic E-state index is 11.7. The molecule has 0 aliphatic rings. The van der Waals surface area contributed by atoms with Gasteiger partial charge in [-0.25, -0.2) is 4.79 Å². The molecule has 0 aromatic rings. The zero-order valence-electron chi connectivity index (χ0n) is 11.9. The maximum Gasteiger partial charge on any atom is 0.344 e. The molecule has 0 heterocycles. The molecule has 0 fully saturated rings. The molecule has 1 N–H and O–H groups in total. The Morgan fingerprint density at radius 3 is 2.56 bits per heavy atom. The van der Waals surface area contributed by atoms with Crippen LogP contribution in [0.3, 0.4) is 0 Å². The third kappa shape index (κ3) is 7.31. The monoisotopic (exact) mass is 254 g/mol. The molecule has 104 valence electrons. The van der Waals surface area contributed by atoms with Crippen molar-refractivity contribution in [2.24, 2.45) is 0 Å². The van der Waals surface area contributed by atoms with E-state index in [-0.39, 0.29) is 5.57 Å². The van der Waals surface area contributed by atoms with E-state index in [2.05, 4.69) is 12.7 Å². The minimum absolute atomic E-state index is 0.259. The van der Waals surface area contributed by atoms with Crippen molar-refractivity contribution < 1.29 is 14.6 Å². The van der Waals surface area contributed by atoms with Crippen LogP contribution in [-0.4, -0.2) is 23.8 Å². The molecule has 3 heteroatoms. The smallest absolute Gasteiger partial charge is 0.344 e. The fourth-order valence-electron chi connectivity index (χ4n) is 1.62. The van der Waals surface area contributed by atoms with Crippen molar-refractivity contribution in [3.63, 3.8) is 0 Å². The molecule has 1 unspecified atom stereocenters. The third-order valence-electron chi connectivity index (χ3n) is 2.62. The van der Waals surface area contributed by atoms with Crippen LogP contribution in [0.2, 0.25) is 0 Å². The van der Waals surface area contributed by atoms with Crippen LogP contribution in [0.1, 0.15) is 59.3 Å². The predicted molar refractivity (Wildman–Crippen MR) is 73.3 cm³/mol. The molecule has 0 spiro atoms. The Hall–Kier alpha value is -1.05. The van der Waals surface area contributed by atoms with E-state index >= 15 is 0 Å². The summed E-state index contributed by atoms with van der Waals surface area (Å²) in [6.45, 7) is 6.18. The van der Waals surface area contributed by atoms with E-state index in [1.165, 1.54) is 0 Å². The molecule has 3 nitrogen and oxygen atoms in total. The summed E-state index contributed by atoms with van der Waals surface area (Å²) in [4.78, 5) is 11.7. The Morgan fingerprint density at radius 2 is 2.00 bits per heavy atom. The summed E-state index contributed by atoms with van der Waals surface area (Å²) in [6.07, 6.45) is 6.70. The zero-order chi connectivity index (χ0) is 13.8. The van der Waals surface area contributed by atoms with E-state index in [9.17, 15) is 9.90 Å². The van der Waals surface area contributed by atoms with Gasteiger partial charge >= 0.3 is 5.97 Å². The van der Waals surface area contributed by atoms with Crippen LogP contribution in [0.5, 0.6) is 0 Å². The van der Waals surface area contributed by atoms with Gasteiger partial charge in [-0.3, -0.25) is 0 Å². The number of aliphatic hydroxyl groups excluding tert-OH is 1. The molecule has 0 rings (SSSR count). The number of hydrogen-bond donors (Lipinski definition) is 1. The van der Waals surface area contributed by atoms with Gasteiger partial charge in [-0.05, 0) is 25.8 Å². The topological polar surface area (TPSA) is 46.5 Å². The molecule has 1 atom stereocenters. The lowest BCUT2D eigenvalue weighted by molar-refractivity contribution is -0.139. The summed E-state index contributed by atoms with van der Waals surface area (Å²) < 4.78 is 4.93. The van der Waals surface area contributed by atoms with Crippen LogP contribution in [0.15, 0.2) is 17.4 Å². The van der Waals surface area contributed by atoms with E-state index < -0.39 is 12.1 Å². The van der Waals surface area contributed by atoms with Crippen molar-refractivity contribution in [2.75, 3.05) is 6.61 Å². The highest BCUT2D eigenvalue weighted by molar-refractivity contribution is 5.89. The summed E-state index contributed by atoms with van der Waals surface area (Å²) in [5.74, 6) is -0.454. The molecule has 0 aliphatic carbocycles. The van der Waals surface area contributed by atoms with Crippen LogP contribution in [-0.2, 0) is 9.53 Å². The average Bonchev–Trinajstić information content (AvgIpc) is 2.35. The fraction of sp³-hybridized carbons (Fsp3) is 0.733. The lowest BCUT2D eigenvalue weighted by Gasteiger charge is -2.11. The lowest BCUT2D eigenvalue weighted by atomic mass is 10.0. The molecule has 18 heavy (non-hydrogen) atoms. The lowest BCUT2D eigenvalue weighted by Crippen LogP contribution is -2.19. The van der Waals surface area contributed by atoms with Gasteiger partial charge < -0.3 is 9.84 Å². The van der Waals surface area contributed by atoms with Crippen LogP contribution in [0, 0.1) is 0 Å². The first-order valence-electron chi connectivity index (χ1n) is 6.97. The van der Waals surface area contributed by atoms with Crippen LogP contribution < -0.4 is 0 Å². The van der Waals surface area contributed by atoms with Gasteiger partial charge in [-0.1, -0.05) is 39.5 Å². The summed E-state index contributed by atoms with van der Waals surface area (Å²) in [6, 6.07) is 0. The summed E-state index contributed by atoms with van der Waals surface area (Å²) in [5.41, 5.74) is 3.12. The molecule has 0 saturated carbocycles. The number of esters is 1. The molecule has 0 aromatic carbocycles. The normalized spacial score (nSPS) is 11.6. The number of carbonyl (C=O) groups is 1. The third-order valence-corrected chi connectivity index (χ3v) is 2.62. The maximum absolute atomic E-state index is 11.7. The van der Waals surface area contributed by atoms with Gasteiger partial charge in [0.25, 0.3) is 0 Å². The minimum Gasteiger partial charge on any atom is -0.462 e. The molecular formula is C15H26O3. The highest BCUT2D eigenvalue weighted by atomic mass is 16.5. The second kappa shape index (κ2) is 11.1. The number of unbranched alkanes of at least 4 members (excludes halogenated alkanes) is 3. The summed E-state index contributed by atoms with van der Waals surface area (Å²) in [7, 11) is 0. The number of hydrogen-bond acceptors (Lipinski definition) is 3. The van der Waals surface area contributed by atoms with Crippen molar-refractivity contribution in [3.05, 3.63) is 17.4 Å². The zero-order valence-corrected chi connectivity index (χ0v) is 11.9. The van der Waals surface area contributed by atoms with Crippen molar-refractivity contribution in [2.45, 2.75) is 65.4 Å². The average molecular weight is 254 g/mol. The first kappa shape index (κ1) is 16.9. The fourth-order valence-corrected chi connectivity index (χ4v) is 1.62. The molecule has 0 aromatic heterocycles. The predicted octanol–water partition coefficient (Wildman–Crippen LogP) is 3.37. The van der Waals surface area contributed by atoms with E-state index in [4.69, 9.17) is 4.74 Å². The van der Waals surface area contributed by atoms with E-state index in [1.54, 1.807) is 13.0 Å². The van der Waals surface area contributed by atoms with E-state index in [0.29, 0.717) is 13.0 Å². The Balaban J connectivity index is 4.47. The second-order valence-electron chi connectivity index (χ2n) is 4.26. The quantitative estimate of drug-likeness (QED) is 0.297. The Kier molecular flexibility index (Phi) is 10.4. The van der Waals surface area contributed by atoms with Crippen LogP contribution >= 0.6 is 0 Å². The molecular weight excluding hydrogens is 228 g/mol. The SMILES string of the molecule is CCC=C=C(C(=O)OCC)C(O)CCCCCC. The van der Waals surface area contributed by atoms with Crippen molar-refractivity contribution in [1.29, 1.82) is 0 Å². The molecule has 0 aliphatic heterocycles. The Bertz CT molecular complexity index is 288. The first-order chi connectivity index (χ1) is 8.67. The molecule has 0 bridgehead atoms. The summed E-state index contributed by atoms with van der Waals surface area (Å²) in [5, 5.41) is 10.0. The van der Waals surface area contributed by atoms with Gasteiger partial charge in [0.1, 0.15) is 5.57 Å². The van der Waals surface area contributed by atoms with Gasteiger partial charge in [0.2, 0.25) is 0 Å². The van der Waals surface area contributed by atoms with E-state index in [0.717, 1.165) is 32.1 Å². The number of rotatable bonds is 9. The highest BCUT2D eigenvalue weighted by Crippen LogP contribution is 2.13. The molecule has 0 amide bonds. The number of carbonyl (C=O) groups excluding carboxylic acids is 1. The van der Waals surface area contributed by atoms with Gasteiger partial charge in [-0.15, -0.1) is 5.73 Å². The van der Waals surface area contributed by atoms with Gasteiger partial charge in [0.15, 0.2) is 0 Å². The first-order valence-corrected chi connectivity index (χ1v) is 6.97. The Labute approximate surface area is 111 Å². The van der Waals surface area contributed by atoms with Crippen molar-refractivity contribution in [1.82, 2.24) is 0 Å². The Morgan fingerprint density at radius 1 is 1.28 bits per heavy atom. The summed E-state index contributed by atoms with van der Waals surface area (Å²) >= 11 is 0. The molecule has 0 saturated heterocycles. The van der Waals surface area contributed by atoms with Crippen LogP contribution in [0.4, 0.5) is 0 Å². The van der Waals surface area contributed by atoms with Crippen LogP contribution in [0.25, 0.3) is 0 Å². The second-order valence-corrected chi connectivity index (χ2v) is 4.26. The van der Waals surface area contributed by atoms with Crippen molar-refractivity contribution >= 4 is 5.97 Å². The standard InChI is InChI=1S/C15H26O3/c1-4-7-9-10-12-14(16)13(11-8-5-2)15(17)18-6-3/h8,14,16H,4-7,9-10,12H2,1-3H3. The largest absolute Gasteiger partial charge is 0.462 e. The van der Waals surface area contributed by atoms with Gasteiger partial charge in [0.05, 0.1) is 12.7 Å².